The van der Waals surface area contributed by atoms with Gasteiger partial charge in [0.25, 0.3) is 11.8 Å². The molecule has 1 aromatic rings. The monoisotopic (exact) mass is 289 g/mol. The molecule has 1 spiro atoms. The van der Waals surface area contributed by atoms with Gasteiger partial charge in [0.15, 0.2) is 5.69 Å². The molecule has 2 saturated heterocycles. The number of fused-ring (bicyclic) bond motifs is 1. The molecule has 0 aromatic carbocycles. The molecular formula is C14H19N5O2. The van der Waals surface area contributed by atoms with Gasteiger partial charge in [0.2, 0.25) is 0 Å². The Hall–Kier alpha value is -1.89. The molecule has 0 aliphatic carbocycles. The molecule has 112 valence electrons. The van der Waals surface area contributed by atoms with Gasteiger partial charge in [-0.25, -0.2) is 0 Å². The Morgan fingerprint density at radius 3 is 2.57 bits per heavy atom. The number of hydrogen-bond donors (Lipinski definition) is 0. The van der Waals surface area contributed by atoms with Crippen molar-refractivity contribution in [3.8, 4) is 0 Å². The number of likely N-dealkylation sites (tertiary alicyclic amines) is 2. The summed E-state index contributed by atoms with van der Waals surface area (Å²) < 4.78 is 1.66. The molecule has 7 heteroatoms. The van der Waals surface area contributed by atoms with E-state index < -0.39 is 0 Å². The van der Waals surface area contributed by atoms with E-state index in [9.17, 15) is 9.59 Å². The van der Waals surface area contributed by atoms with Crippen LogP contribution in [0.5, 0.6) is 0 Å². The number of nitrogens with zero attached hydrogens (tertiary/aromatic N) is 5. The molecule has 0 saturated carbocycles. The number of carbonyl (C=O) groups is 2. The minimum absolute atomic E-state index is 0.0486. The van der Waals surface area contributed by atoms with Crippen molar-refractivity contribution in [1.29, 1.82) is 0 Å². The topological polar surface area (TPSA) is 61.7 Å². The Balaban J connectivity index is 1.49. The van der Waals surface area contributed by atoms with Crippen LogP contribution >= 0.6 is 0 Å². The molecule has 7 nitrogen and oxygen atoms in total. The quantitative estimate of drug-likeness (QED) is 0.690. The van der Waals surface area contributed by atoms with E-state index in [1.807, 2.05) is 4.90 Å². The molecule has 0 radical (unpaired) electrons. The lowest BCUT2D eigenvalue weighted by Gasteiger charge is -2.59. The van der Waals surface area contributed by atoms with E-state index in [0.717, 1.165) is 26.2 Å². The summed E-state index contributed by atoms with van der Waals surface area (Å²) in [6.07, 6.45) is 0. The van der Waals surface area contributed by atoms with Gasteiger partial charge in [0.1, 0.15) is 5.69 Å². The predicted octanol–water partition coefficient (Wildman–Crippen LogP) is -0.644. The first-order valence-corrected chi connectivity index (χ1v) is 7.29. The highest BCUT2D eigenvalue weighted by Crippen LogP contribution is 2.39. The summed E-state index contributed by atoms with van der Waals surface area (Å²) in [7, 11) is 3.87. The Morgan fingerprint density at radius 2 is 1.90 bits per heavy atom. The van der Waals surface area contributed by atoms with E-state index >= 15 is 0 Å². The average Bonchev–Trinajstić information content (AvgIpc) is 2.80. The lowest BCUT2D eigenvalue weighted by molar-refractivity contribution is -0.0873. The molecule has 0 atom stereocenters. The maximum absolute atomic E-state index is 12.5. The zero-order valence-electron chi connectivity index (χ0n) is 12.4. The zero-order chi connectivity index (χ0) is 14.8. The maximum Gasteiger partial charge on any atom is 0.274 e. The molecule has 2 amide bonds. The molecule has 21 heavy (non-hydrogen) atoms. The van der Waals surface area contributed by atoms with Crippen molar-refractivity contribution in [2.75, 3.05) is 46.8 Å². The van der Waals surface area contributed by atoms with E-state index in [1.165, 1.54) is 0 Å². The summed E-state index contributed by atoms with van der Waals surface area (Å²) in [6, 6.07) is 1.64. The standard InChI is InChI=1S/C14H19N5O2/c1-16-6-14(7-16)8-18(9-14)12(20)10-5-11-13(21)17(2)3-4-19(11)15-10/h5H,3-4,6-9H2,1-2H3. The smallest absolute Gasteiger partial charge is 0.274 e. The van der Waals surface area contributed by atoms with Crippen molar-refractivity contribution in [1.82, 2.24) is 24.5 Å². The third-order valence-corrected chi connectivity index (χ3v) is 4.76. The van der Waals surface area contributed by atoms with Gasteiger partial charge >= 0.3 is 0 Å². The number of likely N-dealkylation sites (N-methyl/N-ethyl adjacent to an activating group) is 1. The average molecular weight is 289 g/mol. The third-order valence-electron chi connectivity index (χ3n) is 4.76. The van der Waals surface area contributed by atoms with E-state index in [-0.39, 0.29) is 11.8 Å². The van der Waals surface area contributed by atoms with Crippen molar-refractivity contribution in [2.24, 2.45) is 5.41 Å². The van der Waals surface area contributed by atoms with Crippen LogP contribution < -0.4 is 0 Å². The highest BCUT2D eigenvalue weighted by molar-refractivity contribution is 5.98. The van der Waals surface area contributed by atoms with Crippen LogP contribution in [0.25, 0.3) is 0 Å². The largest absolute Gasteiger partial charge is 0.339 e. The van der Waals surface area contributed by atoms with Crippen molar-refractivity contribution in [3.05, 3.63) is 17.5 Å². The van der Waals surface area contributed by atoms with Gasteiger partial charge in [-0.15, -0.1) is 0 Å². The first kappa shape index (κ1) is 12.8. The maximum atomic E-state index is 12.5. The fourth-order valence-corrected chi connectivity index (χ4v) is 3.77. The second-order valence-corrected chi connectivity index (χ2v) is 6.70. The molecule has 1 aromatic heterocycles. The summed E-state index contributed by atoms with van der Waals surface area (Å²) in [6.45, 7) is 5.05. The number of hydrogen-bond acceptors (Lipinski definition) is 4. The van der Waals surface area contributed by atoms with Crippen LogP contribution in [0.4, 0.5) is 0 Å². The number of aromatic nitrogens is 2. The molecule has 4 heterocycles. The van der Waals surface area contributed by atoms with E-state index in [4.69, 9.17) is 0 Å². The summed E-state index contributed by atoms with van der Waals surface area (Å²) >= 11 is 0. The van der Waals surface area contributed by atoms with Gasteiger partial charge in [-0.3, -0.25) is 14.3 Å². The highest BCUT2D eigenvalue weighted by Gasteiger charge is 2.52. The van der Waals surface area contributed by atoms with E-state index in [0.29, 0.717) is 29.9 Å². The fourth-order valence-electron chi connectivity index (χ4n) is 3.77. The number of amides is 2. The van der Waals surface area contributed by atoms with Crippen molar-refractivity contribution in [2.45, 2.75) is 6.54 Å². The zero-order valence-corrected chi connectivity index (χ0v) is 12.4. The van der Waals surface area contributed by atoms with Gasteiger partial charge in [-0.05, 0) is 7.05 Å². The summed E-state index contributed by atoms with van der Waals surface area (Å²) in [4.78, 5) is 30.3. The van der Waals surface area contributed by atoms with Crippen molar-refractivity contribution in [3.63, 3.8) is 0 Å². The SMILES string of the molecule is CN1CC2(C1)CN(C(=O)c1cc3n(n1)CCN(C)C3=O)C2. The second-order valence-electron chi connectivity index (χ2n) is 6.70. The lowest BCUT2D eigenvalue weighted by atomic mass is 9.73. The van der Waals surface area contributed by atoms with Gasteiger partial charge in [-0.1, -0.05) is 0 Å². The van der Waals surface area contributed by atoms with Gasteiger partial charge < -0.3 is 14.7 Å². The van der Waals surface area contributed by atoms with Crippen LogP contribution in [-0.2, 0) is 6.54 Å². The van der Waals surface area contributed by atoms with Gasteiger partial charge in [0.05, 0.1) is 6.54 Å². The summed E-state index contributed by atoms with van der Waals surface area (Å²) in [5.41, 5.74) is 1.24. The van der Waals surface area contributed by atoms with Crippen LogP contribution in [0.2, 0.25) is 0 Å². The molecule has 0 N–H and O–H groups in total. The summed E-state index contributed by atoms with van der Waals surface area (Å²) in [5, 5.41) is 4.31. The lowest BCUT2D eigenvalue weighted by Crippen LogP contribution is -2.72. The Morgan fingerprint density at radius 1 is 1.19 bits per heavy atom. The minimum Gasteiger partial charge on any atom is -0.339 e. The van der Waals surface area contributed by atoms with Crippen LogP contribution in [-0.4, -0.2) is 83.1 Å². The molecular weight excluding hydrogens is 270 g/mol. The molecule has 0 unspecified atom stereocenters. The fraction of sp³-hybridized carbons (Fsp3) is 0.643. The Kier molecular flexibility index (Phi) is 2.48. The normalized spacial score (nSPS) is 23.8. The molecule has 4 rings (SSSR count). The Bertz CT molecular complexity index is 623. The van der Waals surface area contributed by atoms with Gasteiger partial charge in [0, 0.05) is 51.3 Å². The molecule has 2 fully saturated rings. The molecule has 3 aliphatic heterocycles. The van der Waals surface area contributed by atoms with E-state index in [1.54, 1.807) is 22.7 Å². The van der Waals surface area contributed by atoms with Crippen molar-refractivity contribution < 1.29 is 9.59 Å². The highest BCUT2D eigenvalue weighted by atomic mass is 16.2. The molecule has 3 aliphatic rings. The van der Waals surface area contributed by atoms with E-state index in [2.05, 4.69) is 17.0 Å². The van der Waals surface area contributed by atoms with Crippen LogP contribution in [0, 0.1) is 5.41 Å². The third kappa shape index (κ3) is 1.80. The van der Waals surface area contributed by atoms with Crippen LogP contribution in [0.3, 0.4) is 0 Å². The summed E-state index contributed by atoms with van der Waals surface area (Å²) in [5.74, 6) is -0.110. The Labute approximate surface area is 123 Å². The number of carbonyl (C=O) groups excluding carboxylic acids is 2. The first-order chi connectivity index (χ1) is 9.97. The number of rotatable bonds is 1. The predicted molar refractivity (Wildman–Crippen MR) is 75.0 cm³/mol. The second kappa shape index (κ2) is 4.07. The van der Waals surface area contributed by atoms with Crippen LogP contribution in [0.15, 0.2) is 6.07 Å². The van der Waals surface area contributed by atoms with Crippen LogP contribution in [0.1, 0.15) is 21.0 Å². The minimum atomic E-state index is -0.0616. The molecule has 0 bridgehead atoms. The van der Waals surface area contributed by atoms with Gasteiger partial charge in [-0.2, -0.15) is 5.10 Å². The van der Waals surface area contributed by atoms with Crippen molar-refractivity contribution >= 4 is 11.8 Å². The first-order valence-electron chi connectivity index (χ1n) is 7.29.